The highest BCUT2D eigenvalue weighted by Gasteiger charge is 2.47. The van der Waals surface area contributed by atoms with Crippen molar-refractivity contribution in [1.29, 1.82) is 0 Å². The maximum atomic E-state index is 13.3. The van der Waals surface area contributed by atoms with Crippen LogP contribution in [0.5, 0.6) is 5.75 Å². The lowest BCUT2D eigenvalue weighted by molar-refractivity contribution is -0.140. The molecular weight excluding hydrogens is 456 g/mol. The van der Waals surface area contributed by atoms with Gasteiger partial charge in [-0.25, -0.2) is 0 Å². The van der Waals surface area contributed by atoms with E-state index < -0.39 is 17.7 Å². The predicted molar refractivity (Wildman–Crippen MR) is 131 cm³/mol. The molecule has 2 N–H and O–H groups in total. The lowest BCUT2D eigenvalue weighted by Crippen LogP contribution is -2.33. The van der Waals surface area contributed by atoms with Crippen molar-refractivity contribution in [2.45, 2.75) is 32.9 Å². The Morgan fingerprint density at radius 3 is 2.71 bits per heavy atom. The van der Waals surface area contributed by atoms with Gasteiger partial charge >= 0.3 is 0 Å². The largest absolute Gasteiger partial charge is 0.507 e. The molecule has 1 amide bonds. The monoisotopic (exact) mass is 482 g/mol. The first kappa shape index (κ1) is 23.9. The molecule has 3 aromatic rings. The minimum Gasteiger partial charge on any atom is -0.507 e. The van der Waals surface area contributed by atoms with Crippen molar-refractivity contribution in [3.63, 3.8) is 0 Å². The minimum absolute atomic E-state index is 0.0187. The van der Waals surface area contributed by atoms with E-state index in [0.717, 1.165) is 10.9 Å². The molecule has 0 spiro atoms. The van der Waals surface area contributed by atoms with Crippen molar-refractivity contribution in [3.05, 3.63) is 70.4 Å². The van der Waals surface area contributed by atoms with Crippen molar-refractivity contribution >= 4 is 40.0 Å². The van der Waals surface area contributed by atoms with Gasteiger partial charge in [-0.15, -0.1) is 0 Å². The average molecular weight is 483 g/mol. The number of likely N-dealkylation sites (tertiary alicyclic amines) is 1. The van der Waals surface area contributed by atoms with Crippen LogP contribution in [-0.4, -0.2) is 52.5 Å². The number of carbonyl (C=O) groups excluding carboxylic acids is 2. The summed E-state index contributed by atoms with van der Waals surface area (Å²) in [6.07, 6.45) is 1.74. The van der Waals surface area contributed by atoms with Crippen LogP contribution in [0, 0.1) is 0 Å². The van der Waals surface area contributed by atoms with Gasteiger partial charge in [-0.1, -0.05) is 29.8 Å². The third-order valence-corrected chi connectivity index (χ3v) is 6.07. The number of para-hydroxylation sites is 1. The fourth-order valence-electron chi connectivity index (χ4n) is 4.23. The first-order valence-electron chi connectivity index (χ1n) is 11.2. The van der Waals surface area contributed by atoms with Gasteiger partial charge in [0.25, 0.3) is 11.7 Å². The van der Waals surface area contributed by atoms with Gasteiger partial charge in [-0.3, -0.25) is 9.59 Å². The number of hydrogen-bond acceptors (Lipinski definition) is 5. The number of aliphatic hydroxyl groups excluding tert-OH is 1. The van der Waals surface area contributed by atoms with Crippen LogP contribution in [0.4, 0.5) is 0 Å². The Balaban J connectivity index is 1.88. The quantitative estimate of drug-likeness (QED) is 0.266. The molecule has 0 aliphatic carbocycles. The first-order valence-corrected chi connectivity index (χ1v) is 11.6. The molecule has 1 aliphatic heterocycles. The molecule has 1 unspecified atom stereocenters. The highest BCUT2D eigenvalue weighted by molar-refractivity contribution is 6.47. The smallest absolute Gasteiger partial charge is 0.295 e. The van der Waals surface area contributed by atoms with Crippen LogP contribution >= 0.6 is 11.6 Å². The third kappa shape index (κ3) is 4.41. The van der Waals surface area contributed by atoms with E-state index in [-0.39, 0.29) is 41.2 Å². The van der Waals surface area contributed by atoms with Gasteiger partial charge in [0.15, 0.2) is 0 Å². The zero-order valence-electron chi connectivity index (χ0n) is 19.3. The maximum absolute atomic E-state index is 13.3. The average Bonchev–Trinajstić information content (AvgIpc) is 3.34. The summed E-state index contributed by atoms with van der Waals surface area (Å²) in [6.45, 7) is 6.52. The molecule has 34 heavy (non-hydrogen) atoms. The second kappa shape index (κ2) is 9.91. The molecule has 4 rings (SSSR count). The summed E-state index contributed by atoms with van der Waals surface area (Å²) in [5, 5.41) is 12.4. The maximum Gasteiger partial charge on any atom is 0.295 e. The second-order valence-corrected chi connectivity index (χ2v) is 8.68. The number of amides is 1. The van der Waals surface area contributed by atoms with Crippen LogP contribution in [0.3, 0.4) is 0 Å². The molecule has 0 bridgehead atoms. The van der Waals surface area contributed by atoms with Gasteiger partial charge in [0.2, 0.25) is 0 Å². The number of ketones is 1. The summed E-state index contributed by atoms with van der Waals surface area (Å²) >= 11 is 6.39. The topological polar surface area (TPSA) is 91.9 Å². The number of Topliss-reactive ketones (excluding diaryl/α,β-unsaturated/α-hetero) is 1. The van der Waals surface area contributed by atoms with Crippen LogP contribution in [0.15, 0.2) is 54.2 Å². The van der Waals surface area contributed by atoms with E-state index in [1.807, 2.05) is 45.0 Å². The summed E-state index contributed by atoms with van der Waals surface area (Å²) < 4.78 is 11.2. The van der Waals surface area contributed by atoms with Gasteiger partial charge in [-0.2, -0.15) is 0 Å². The van der Waals surface area contributed by atoms with Gasteiger partial charge in [0, 0.05) is 34.8 Å². The number of nitrogens with one attached hydrogen (secondary N) is 1. The number of aliphatic hydroxyl groups is 1. The lowest BCUT2D eigenvalue weighted by atomic mass is 9.95. The zero-order valence-corrected chi connectivity index (χ0v) is 20.1. The van der Waals surface area contributed by atoms with E-state index in [4.69, 9.17) is 21.1 Å². The van der Waals surface area contributed by atoms with Crippen LogP contribution in [0.2, 0.25) is 5.02 Å². The minimum atomic E-state index is -0.807. The van der Waals surface area contributed by atoms with Crippen LogP contribution in [0.1, 0.15) is 37.9 Å². The highest BCUT2D eigenvalue weighted by Crippen LogP contribution is 2.43. The number of nitrogens with zero attached hydrogens (tertiary/aromatic N) is 1. The van der Waals surface area contributed by atoms with E-state index in [1.165, 1.54) is 4.90 Å². The van der Waals surface area contributed by atoms with Gasteiger partial charge < -0.3 is 24.5 Å². The van der Waals surface area contributed by atoms with Crippen LogP contribution < -0.4 is 4.74 Å². The van der Waals surface area contributed by atoms with E-state index in [9.17, 15) is 14.7 Å². The molecule has 1 saturated heterocycles. The number of H-pyrrole nitrogens is 1. The Morgan fingerprint density at radius 2 is 1.97 bits per heavy atom. The van der Waals surface area contributed by atoms with Crippen molar-refractivity contribution in [1.82, 2.24) is 9.88 Å². The molecule has 2 aromatic carbocycles. The summed E-state index contributed by atoms with van der Waals surface area (Å²) in [4.78, 5) is 31.0. The molecular formula is C26H27ClN2O5. The van der Waals surface area contributed by atoms with Crippen molar-refractivity contribution in [2.24, 2.45) is 0 Å². The number of aromatic nitrogens is 1. The first-order chi connectivity index (χ1) is 16.3. The SMILES string of the molecule is CCOc1ccc(Cl)c(/C(O)=C2\C(=O)C(=O)N(CCOC(C)C)C2c2c[nH]c3ccccc23)c1. The summed E-state index contributed by atoms with van der Waals surface area (Å²) in [5.74, 6) is -1.31. The Kier molecular flexibility index (Phi) is 6.95. The Labute approximate surface area is 202 Å². The molecule has 7 nitrogen and oxygen atoms in total. The summed E-state index contributed by atoms with van der Waals surface area (Å²) in [7, 11) is 0. The molecule has 2 heterocycles. The summed E-state index contributed by atoms with van der Waals surface area (Å²) in [6, 6.07) is 11.6. The van der Waals surface area contributed by atoms with Crippen molar-refractivity contribution < 1.29 is 24.2 Å². The normalized spacial score (nSPS) is 17.8. The summed E-state index contributed by atoms with van der Waals surface area (Å²) in [5.41, 5.74) is 1.78. The third-order valence-electron chi connectivity index (χ3n) is 5.74. The van der Waals surface area contributed by atoms with E-state index in [2.05, 4.69) is 4.98 Å². The molecule has 1 aliphatic rings. The van der Waals surface area contributed by atoms with E-state index >= 15 is 0 Å². The number of aromatic amines is 1. The molecule has 1 atom stereocenters. The number of carbonyl (C=O) groups is 2. The van der Waals surface area contributed by atoms with Gasteiger partial charge in [-0.05, 0) is 45.0 Å². The van der Waals surface area contributed by atoms with E-state index in [0.29, 0.717) is 17.9 Å². The molecule has 1 fully saturated rings. The number of benzene rings is 2. The molecule has 1 aromatic heterocycles. The highest BCUT2D eigenvalue weighted by atomic mass is 35.5. The molecule has 0 radical (unpaired) electrons. The van der Waals surface area contributed by atoms with Crippen molar-refractivity contribution in [2.75, 3.05) is 19.8 Å². The Hall–Kier alpha value is -3.29. The Morgan fingerprint density at radius 1 is 1.21 bits per heavy atom. The fourth-order valence-corrected chi connectivity index (χ4v) is 4.44. The standard InChI is InChI=1S/C26H27ClN2O5/c1-4-33-16-9-10-20(27)18(13-16)24(30)22-23(19-14-28-21-8-6-5-7-17(19)21)29(26(32)25(22)31)11-12-34-15(2)3/h5-10,13-15,23,28,30H,4,11-12H2,1-3H3/b24-22+. The number of ether oxygens (including phenoxy) is 2. The number of fused-ring (bicyclic) bond motifs is 1. The molecule has 0 saturated carbocycles. The Bertz CT molecular complexity index is 1260. The molecule has 8 heteroatoms. The molecule has 178 valence electrons. The van der Waals surface area contributed by atoms with E-state index in [1.54, 1.807) is 24.4 Å². The number of rotatable bonds is 8. The predicted octanol–water partition coefficient (Wildman–Crippen LogP) is 5.07. The van der Waals surface area contributed by atoms with Gasteiger partial charge in [0.05, 0.1) is 36.0 Å². The number of hydrogen-bond donors (Lipinski definition) is 2. The van der Waals surface area contributed by atoms with Crippen LogP contribution in [0.25, 0.3) is 16.7 Å². The van der Waals surface area contributed by atoms with Gasteiger partial charge in [0.1, 0.15) is 11.5 Å². The van der Waals surface area contributed by atoms with Crippen molar-refractivity contribution in [3.8, 4) is 5.75 Å². The second-order valence-electron chi connectivity index (χ2n) is 8.28. The lowest BCUT2D eigenvalue weighted by Gasteiger charge is -2.25. The fraction of sp³-hybridized carbons (Fsp3) is 0.308. The zero-order chi connectivity index (χ0) is 24.4. The van der Waals surface area contributed by atoms with Crippen LogP contribution in [-0.2, 0) is 14.3 Å². The number of halogens is 1.